The van der Waals surface area contributed by atoms with Crippen molar-refractivity contribution in [2.75, 3.05) is 19.0 Å². The van der Waals surface area contributed by atoms with Gasteiger partial charge in [0.05, 0.1) is 5.01 Å². The van der Waals surface area contributed by atoms with E-state index in [1.807, 2.05) is 17.2 Å². The number of aromatic nitrogens is 1. The van der Waals surface area contributed by atoms with Gasteiger partial charge in [-0.2, -0.15) is 0 Å². The van der Waals surface area contributed by atoms with Crippen molar-refractivity contribution < 1.29 is 4.79 Å². The van der Waals surface area contributed by atoms with E-state index in [-0.39, 0.29) is 5.91 Å². The molecule has 0 saturated carbocycles. The maximum Gasteiger partial charge on any atom is 0.273 e. The number of nitrogens with zero attached hydrogens (tertiary/aromatic N) is 2. The minimum Gasteiger partial charge on any atom is -0.337 e. The first-order chi connectivity index (χ1) is 7.70. The molecule has 1 aliphatic heterocycles. The molecule has 0 spiro atoms. The van der Waals surface area contributed by atoms with Gasteiger partial charge in [-0.3, -0.25) is 4.79 Å². The van der Waals surface area contributed by atoms with Crippen LogP contribution in [0.4, 0.5) is 0 Å². The Hall–Kier alpha value is -0.610. The zero-order chi connectivity index (χ0) is 11.5. The van der Waals surface area contributed by atoms with E-state index in [4.69, 9.17) is 11.6 Å². The minimum atomic E-state index is 0.0548. The fraction of sp³-hybridized carbons (Fsp3) is 0.636. The van der Waals surface area contributed by atoms with Gasteiger partial charge in [-0.15, -0.1) is 22.9 Å². The summed E-state index contributed by atoms with van der Waals surface area (Å²) in [5.74, 6) is 1.14. The summed E-state index contributed by atoms with van der Waals surface area (Å²) in [6, 6.07) is 0. The molecule has 5 heteroatoms. The van der Waals surface area contributed by atoms with Gasteiger partial charge in [0.25, 0.3) is 5.91 Å². The second-order valence-electron chi connectivity index (χ2n) is 4.17. The van der Waals surface area contributed by atoms with E-state index >= 15 is 0 Å². The lowest BCUT2D eigenvalue weighted by Gasteiger charge is -2.31. The Labute approximate surface area is 104 Å². The second-order valence-corrected chi connectivity index (χ2v) is 5.54. The van der Waals surface area contributed by atoms with Gasteiger partial charge >= 0.3 is 0 Å². The number of hydrogen-bond acceptors (Lipinski definition) is 3. The van der Waals surface area contributed by atoms with Crippen LogP contribution >= 0.6 is 22.9 Å². The standard InChI is InChI=1S/C11H15ClN2OS/c1-8-13-10(7-16-8)11(15)14-4-2-3-9(5-12)6-14/h7,9H,2-6H2,1H3. The van der Waals surface area contributed by atoms with Crippen LogP contribution in [0, 0.1) is 12.8 Å². The third-order valence-corrected chi connectivity index (χ3v) is 4.07. The smallest absolute Gasteiger partial charge is 0.273 e. The average molecular weight is 259 g/mol. The lowest BCUT2D eigenvalue weighted by molar-refractivity contribution is 0.0679. The number of amides is 1. The third-order valence-electron chi connectivity index (χ3n) is 2.86. The van der Waals surface area contributed by atoms with E-state index in [1.165, 1.54) is 11.3 Å². The van der Waals surface area contributed by atoms with Crippen molar-refractivity contribution >= 4 is 28.8 Å². The Bertz CT molecular complexity index is 380. The van der Waals surface area contributed by atoms with Crippen LogP contribution in [0.1, 0.15) is 28.3 Å². The molecule has 0 N–H and O–H groups in total. The van der Waals surface area contributed by atoms with E-state index < -0.39 is 0 Å². The Morgan fingerprint density at radius 1 is 1.75 bits per heavy atom. The Morgan fingerprint density at radius 2 is 2.56 bits per heavy atom. The first-order valence-corrected chi connectivity index (χ1v) is 6.89. The summed E-state index contributed by atoms with van der Waals surface area (Å²) in [4.78, 5) is 18.2. The molecule has 3 nitrogen and oxygen atoms in total. The quantitative estimate of drug-likeness (QED) is 0.764. The van der Waals surface area contributed by atoms with Gasteiger partial charge in [0.1, 0.15) is 5.69 Å². The topological polar surface area (TPSA) is 33.2 Å². The largest absolute Gasteiger partial charge is 0.337 e. The zero-order valence-electron chi connectivity index (χ0n) is 9.28. The van der Waals surface area contributed by atoms with Crippen LogP contribution in [0.25, 0.3) is 0 Å². The molecule has 1 aromatic rings. The van der Waals surface area contributed by atoms with Crippen molar-refractivity contribution in [3.8, 4) is 0 Å². The monoisotopic (exact) mass is 258 g/mol. The molecular formula is C11H15ClN2OS. The van der Waals surface area contributed by atoms with Gasteiger partial charge in [-0.25, -0.2) is 4.98 Å². The maximum atomic E-state index is 12.1. The molecule has 0 bridgehead atoms. The number of halogens is 1. The number of thiazole rings is 1. The summed E-state index contributed by atoms with van der Waals surface area (Å²) in [5, 5.41) is 2.77. The average Bonchev–Trinajstić information content (AvgIpc) is 2.75. The molecule has 2 rings (SSSR count). The number of hydrogen-bond donors (Lipinski definition) is 0. The van der Waals surface area contributed by atoms with Gasteiger partial charge in [-0.05, 0) is 25.7 Å². The van der Waals surface area contributed by atoms with Crippen LogP contribution in [0.2, 0.25) is 0 Å². The highest BCUT2D eigenvalue weighted by Gasteiger charge is 2.24. The molecule has 1 unspecified atom stereocenters. The SMILES string of the molecule is Cc1nc(C(=O)N2CCCC(CCl)C2)cs1. The molecule has 0 aromatic carbocycles. The Morgan fingerprint density at radius 3 is 3.19 bits per heavy atom. The lowest BCUT2D eigenvalue weighted by atomic mass is 10.00. The van der Waals surface area contributed by atoms with E-state index in [9.17, 15) is 4.79 Å². The summed E-state index contributed by atoms with van der Waals surface area (Å²) in [5.41, 5.74) is 0.581. The molecule has 1 atom stereocenters. The number of carbonyl (C=O) groups is 1. The normalized spacial score (nSPS) is 21.1. The van der Waals surface area contributed by atoms with Gasteiger partial charge < -0.3 is 4.90 Å². The second kappa shape index (κ2) is 5.15. The van der Waals surface area contributed by atoms with Crippen LogP contribution in [0.15, 0.2) is 5.38 Å². The van der Waals surface area contributed by atoms with Gasteiger partial charge in [-0.1, -0.05) is 0 Å². The van der Waals surface area contributed by atoms with Crippen LogP contribution in [0.5, 0.6) is 0 Å². The fourth-order valence-electron chi connectivity index (χ4n) is 2.00. The van der Waals surface area contributed by atoms with Gasteiger partial charge in [0.2, 0.25) is 0 Å². The molecule has 0 radical (unpaired) electrons. The number of alkyl halides is 1. The molecule has 1 amide bonds. The summed E-state index contributed by atoms with van der Waals surface area (Å²) in [6.07, 6.45) is 2.18. The van der Waals surface area contributed by atoms with Crippen LogP contribution in [0.3, 0.4) is 0 Å². The molecular weight excluding hydrogens is 244 g/mol. The molecule has 1 aliphatic rings. The highest BCUT2D eigenvalue weighted by atomic mass is 35.5. The van der Waals surface area contributed by atoms with Crippen molar-refractivity contribution in [2.24, 2.45) is 5.92 Å². The first kappa shape index (κ1) is 11.9. The molecule has 16 heavy (non-hydrogen) atoms. The molecule has 1 fully saturated rings. The molecule has 1 saturated heterocycles. The minimum absolute atomic E-state index is 0.0548. The number of likely N-dealkylation sites (tertiary alicyclic amines) is 1. The molecule has 1 aromatic heterocycles. The number of rotatable bonds is 2. The first-order valence-electron chi connectivity index (χ1n) is 5.48. The third kappa shape index (κ3) is 2.55. The zero-order valence-corrected chi connectivity index (χ0v) is 10.9. The number of piperidine rings is 1. The molecule has 0 aliphatic carbocycles. The van der Waals surface area contributed by atoms with Crippen molar-refractivity contribution in [3.63, 3.8) is 0 Å². The summed E-state index contributed by atoms with van der Waals surface area (Å²) < 4.78 is 0. The van der Waals surface area contributed by atoms with Crippen molar-refractivity contribution in [3.05, 3.63) is 16.1 Å². The van der Waals surface area contributed by atoms with Crippen molar-refractivity contribution in [1.29, 1.82) is 0 Å². The van der Waals surface area contributed by atoms with Crippen LogP contribution in [-0.2, 0) is 0 Å². The van der Waals surface area contributed by atoms with E-state index in [1.54, 1.807) is 0 Å². The number of carbonyl (C=O) groups excluding carboxylic acids is 1. The Balaban J connectivity index is 2.04. The number of aryl methyl sites for hydroxylation is 1. The summed E-state index contributed by atoms with van der Waals surface area (Å²) in [6.45, 7) is 3.53. The van der Waals surface area contributed by atoms with Crippen LogP contribution in [-0.4, -0.2) is 34.8 Å². The summed E-state index contributed by atoms with van der Waals surface area (Å²) >= 11 is 7.37. The predicted octanol–water partition coefficient (Wildman–Crippen LogP) is 2.54. The van der Waals surface area contributed by atoms with Gasteiger partial charge in [0, 0.05) is 24.3 Å². The highest BCUT2D eigenvalue weighted by Crippen LogP contribution is 2.20. The molecule has 2 heterocycles. The summed E-state index contributed by atoms with van der Waals surface area (Å²) in [7, 11) is 0. The van der Waals surface area contributed by atoms with E-state index in [0.29, 0.717) is 17.5 Å². The van der Waals surface area contributed by atoms with Gasteiger partial charge in [0.15, 0.2) is 0 Å². The van der Waals surface area contributed by atoms with Crippen LogP contribution < -0.4 is 0 Å². The Kier molecular flexibility index (Phi) is 3.82. The van der Waals surface area contributed by atoms with E-state index in [0.717, 1.165) is 30.9 Å². The lowest BCUT2D eigenvalue weighted by Crippen LogP contribution is -2.40. The predicted molar refractivity (Wildman–Crippen MR) is 66.2 cm³/mol. The maximum absolute atomic E-state index is 12.1. The molecule has 88 valence electrons. The highest BCUT2D eigenvalue weighted by molar-refractivity contribution is 7.09. The van der Waals surface area contributed by atoms with Crippen molar-refractivity contribution in [2.45, 2.75) is 19.8 Å². The fourth-order valence-corrected chi connectivity index (χ4v) is 2.84. The van der Waals surface area contributed by atoms with E-state index in [2.05, 4.69) is 4.98 Å². The van der Waals surface area contributed by atoms with Crippen molar-refractivity contribution in [1.82, 2.24) is 9.88 Å².